The third kappa shape index (κ3) is 4.40. The smallest absolute Gasteiger partial charge is 0.271 e. The zero-order chi connectivity index (χ0) is 18.0. The van der Waals surface area contributed by atoms with Gasteiger partial charge in [-0.3, -0.25) is 4.72 Å². The molecule has 2 N–H and O–H groups in total. The van der Waals surface area contributed by atoms with E-state index in [1.807, 2.05) is 0 Å². The molecule has 9 nitrogen and oxygen atoms in total. The number of nitrogens with one attached hydrogen (secondary N) is 2. The Bertz CT molecular complexity index is 925. The van der Waals surface area contributed by atoms with Crippen LogP contribution in [0.25, 0.3) is 0 Å². The highest BCUT2D eigenvalue weighted by Gasteiger charge is 2.17. The fraction of sp³-hybridized carbons (Fsp3) is 0.231. The predicted molar refractivity (Wildman–Crippen MR) is 90.2 cm³/mol. The van der Waals surface area contributed by atoms with E-state index in [1.165, 1.54) is 44.6 Å². The van der Waals surface area contributed by atoms with E-state index in [9.17, 15) is 16.8 Å². The van der Waals surface area contributed by atoms with E-state index in [-0.39, 0.29) is 16.5 Å². The van der Waals surface area contributed by atoms with Gasteiger partial charge in [0.25, 0.3) is 10.0 Å². The second-order valence-corrected chi connectivity index (χ2v) is 8.61. The Morgan fingerprint density at radius 1 is 0.958 bits per heavy atom. The van der Waals surface area contributed by atoms with Crippen molar-refractivity contribution in [2.24, 2.45) is 0 Å². The van der Waals surface area contributed by atoms with Gasteiger partial charge in [0.15, 0.2) is 0 Å². The average Bonchev–Trinajstić information content (AvgIpc) is 2.46. The highest BCUT2D eigenvalue weighted by atomic mass is 32.2. The maximum Gasteiger partial charge on any atom is 0.301 e. The van der Waals surface area contributed by atoms with Crippen molar-refractivity contribution in [2.75, 3.05) is 23.5 Å². The van der Waals surface area contributed by atoms with Gasteiger partial charge in [-0.15, -0.1) is 0 Å². The molecule has 0 amide bonds. The molecule has 2 aromatic rings. The molecule has 11 heteroatoms. The van der Waals surface area contributed by atoms with Gasteiger partial charge in [0.2, 0.25) is 5.95 Å². The maximum absolute atomic E-state index is 12.3. The standard InChI is InChI=1S/C13H17N5O4S2/c1-10-8-9-14-13(15-10)17-23(19,20)12-6-4-11(5-7-12)16-24(21,22)18(2)3/h4-9,16H,1-3H3,(H,14,15,17). The highest BCUT2D eigenvalue weighted by molar-refractivity contribution is 7.92. The summed E-state index contributed by atoms with van der Waals surface area (Å²) in [7, 11) is -4.76. The minimum Gasteiger partial charge on any atom is -0.271 e. The zero-order valence-electron chi connectivity index (χ0n) is 13.3. The van der Waals surface area contributed by atoms with Crippen LogP contribution in [0.5, 0.6) is 0 Å². The Kier molecular flexibility index (Phi) is 5.06. The van der Waals surface area contributed by atoms with Gasteiger partial charge in [-0.05, 0) is 37.3 Å². The van der Waals surface area contributed by atoms with Gasteiger partial charge in [0.05, 0.1) is 4.90 Å². The largest absolute Gasteiger partial charge is 0.301 e. The van der Waals surface area contributed by atoms with Crippen LogP contribution in [0.1, 0.15) is 5.69 Å². The Labute approximate surface area is 141 Å². The van der Waals surface area contributed by atoms with Crippen LogP contribution < -0.4 is 9.44 Å². The summed E-state index contributed by atoms with van der Waals surface area (Å²) in [6.07, 6.45) is 1.44. The number of aromatic nitrogens is 2. The number of benzene rings is 1. The fourth-order valence-corrected chi connectivity index (χ4v) is 3.19. The number of sulfonamides is 1. The lowest BCUT2D eigenvalue weighted by molar-refractivity contribution is 0.527. The molecule has 0 saturated heterocycles. The predicted octanol–water partition coefficient (Wildman–Crippen LogP) is 0.804. The van der Waals surface area contributed by atoms with Crippen molar-refractivity contribution in [3.63, 3.8) is 0 Å². The Morgan fingerprint density at radius 2 is 1.58 bits per heavy atom. The van der Waals surface area contributed by atoms with Crippen LogP contribution in [0.4, 0.5) is 11.6 Å². The van der Waals surface area contributed by atoms with Gasteiger partial charge < -0.3 is 0 Å². The normalized spacial score (nSPS) is 12.2. The molecule has 130 valence electrons. The summed E-state index contributed by atoms with van der Waals surface area (Å²) in [5, 5.41) is 0. The maximum atomic E-state index is 12.3. The highest BCUT2D eigenvalue weighted by Crippen LogP contribution is 2.17. The number of aryl methyl sites for hydroxylation is 1. The molecular weight excluding hydrogens is 354 g/mol. The van der Waals surface area contributed by atoms with Gasteiger partial charge in [0, 0.05) is 31.7 Å². The molecule has 0 fully saturated rings. The summed E-state index contributed by atoms with van der Waals surface area (Å²) >= 11 is 0. The Morgan fingerprint density at radius 3 is 2.12 bits per heavy atom. The first-order chi connectivity index (χ1) is 11.1. The SMILES string of the molecule is Cc1ccnc(NS(=O)(=O)c2ccc(NS(=O)(=O)N(C)C)cc2)n1. The number of hydrogen-bond donors (Lipinski definition) is 2. The number of rotatable bonds is 6. The first-order valence-electron chi connectivity index (χ1n) is 6.73. The van der Waals surface area contributed by atoms with Crippen LogP contribution in [0.3, 0.4) is 0 Å². The molecule has 0 bridgehead atoms. The molecule has 1 heterocycles. The van der Waals surface area contributed by atoms with Crippen molar-refractivity contribution >= 4 is 31.9 Å². The van der Waals surface area contributed by atoms with Crippen LogP contribution in [-0.4, -0.2) is 45.2 Å². The van der Waals surface area contributed by atoms with Crippen LogP contribution in [0, 0.1) is 6.92 Å². The van der Waals surface area contributed by atoms with Gasteiger partial charge >= 0.3 is 10.2 Å². The topological polar surface area (TPSA) is 121 Å². The summed E-state index contributed by atoms with van der Waals surface area (Å²) in [5.41, 5.74) is 0.866. The molecule has 0 spiro atoms. The minimum absolute atomic E-state index is 0.0348. The number of anilines is 2. The van der Waals surface area contributed by atoms with Crippen molar-refractivity contribution in [1.29, 1.82) is 0 Å². The fourth-order valence-electron chi connectivity index (χ4n) is 1.62. The summed E-state index contributed by atoms with van der Waals surface area (Å²) in [5.74, 6) is -0.0348. The molecule has 2 rings (SSSR count). The van der Waals surface area contributed by atoms with Crippen molar-refractivity contribution in [3.8, 4) is 0 Å². The van der Waals surface area contributed by atoms with Crippen LogP contribution in [0.2, 0.25) is 0 Å². The van der Waals surface area contributed by atoms with E-state index >= 15 is 0 Å². The lowest BCUT2D eigenvalue weighted by atomic mass is 10.3. The molecule has 1 aromatic heterocycles. The van der Waals surface area contributed by atoms with Crippen molar-refractivity contribution < 1.29 is 16.8 Å². The van der Waals surface area contributed by atoms with E-state index in [1.54, 1.807) is 13.0 Å². The first-order valence-corrected chi connectivity index (χ1v) is 9.65. The lowest BCUT2D eigenvalue weighted by Gasteiger charge is -2.13. The molecule has 0 unspecified atom stereocenters. The number of hydrogen-bond acceptors (Lipinski definition) is 6. The lowest BCUT2D eigenvalue weighted by Crippen LogP contribution is -2.28. The Balaban J connectivity index is 2.20. The zero-order valence-corrected chi connectivity index (χ0v) is 14.9. The summed E-state index contributed by atoms with van der Waals surface area (Å²) in [4.78, 5) is 7.77. The van der Waals surface area contributed by atoms with Gasteiger partial charge in [-0.2, -0.15) is 12.7 Å². The summed E-state index contributed by atoms with van der Waals surface area (Å²) in [6.45, 7) is 1.71. The van der Waals surface area contributed by atoms with E-state index in [2.05, 4.69) is 19.4 Å². The third-order valence-electron chi connectivity index (χ3n) is 2.91. The van der Waals surface area contributed by atoms with Gasteiger partial charge in [-0.25, -0.2) is 23.1 Å². The van der Waals surface area contributed by atoms with Gasteiger partial charge in [-0.1, -0.05) is 0 Å². The minimum atomic E-state index is -3.87. The molecule has 0 aliphatic heterocycles. The van der Waals surface area contributed by atoms with Crippen LogP contribution >= 0.6 is 0 Å². The second-order valence-electron chi connectivity index (χ2n) is 5.04. The summed E-state index contributed by atoms with van der Waals surface area (Å²) < 4.78 is 53.6. The van der Waals surface area contributed by atoms with Crippen molar-refractivity contribution in [3.05, 3.63) is 42.2 Å². The molecular formula is C13H17N5O4S2. The van der Waals surface area contributed by atoms with E-state index in [4.69, 9.17) is 0 Å². The quantitative estimate of drug-likeness (QED) is 0.775. The van der Waals surface area contributed by atoms with Crippen molar-refractivity contribution in [2.45, 2.75) is 11.8 Å². The van der Waals surface area contributed by atoms with Crippen LogP contribution in [-0.2, 0) is 20.2 Å². The van der Waals surface area contributed by atoms with Crippen LogP contribution in [0.15, 0.2) is 41.4 Å². The average molecular weight is 371 g/mol. The number of nitrogens with zero attached hydrogens (tertiary/aromatic N) is 3. The Hall–Kier alpha value is -2.24. The monoisotopic (exact) mass is 371 g/mol. The molecule has 0 aliphatic carbocycles. The van der Waals surface area contributed by atoms with E-state index in [0.29, 0.717) is 5.69 Å². The molecule has 24 heavy (non-hydrogen) atoms. The van der Waals surface area contributed by atoms with E-state index < -0.39 is 20.2 Å². The molecule has 1 aromatic carbocycles. The third-order valence-corrected chi connectivity index (χ3v) is 5.71. The molecule has 0 aliphatic rings. The van der Waals surface area contributed by atoms with Crippen molar-refractivity contribution in [1.82, 2.24) is 14.3 Å². The molecule has 0 saturated carbocycles. The first kappa shape index (κ1) is 18.1. The molecule has 0 radical (unpaired) electrons. The molecule has 0 atom stereocenters. The summed E-state index contributed by atoms with van der Waals surface area (Å²) in [6, 6.07) is 6.92. The van der Waals surface area contributed by atoms with Gasteiger partial charge in [0.1, 0.15) is 0 Å². The second kappa shape index (κ2) is 6.71. The van der Waals surface area contributed by atoms with E-state index in [0.717, 1.165) is 4.31 Å².